The standard InChI is InChI=1S/C34H38/c1-7-14-21(3)31-22(4)19-26-20-30(24(6)32(26)34(31)25-15-10-9-11-16-25)33-23(5)27(8-2)28-17-12-13-18-29(28)33/h9-13,15-19,23,27,32,34H,3,6-8,14,20H2,1-2,4-5H3. The molecule has 174 valence electrons. The number of rotatable bonds is 5. The van der Waals surface area contributed by atoms with Gasteiger partial charge in [0, 0.05) is 11.8 Å². The van der Waals surface area contributed by atoms with E-state index < -0.39 is 0 Å². The molecule has 0 amide bonds. The predicted molar refractivity (Wildman–Crippen MR) is 147 cm³/mol. The normalized spacial score (nSPS) is 28.1. The van der Waals surface area contributed by atoms with Gasteiger partial charge in [-0.15, -0.1) is 0 Å². The Bertz CT molecular complexity index is 1230. The predicted octanol–water partition coefficient (Wildman–Crippen LogP) is 9.56. The Balaban J connectivity index is 1.66. The molecule has 0 nitrogen and oxygen atoms in total. The second-order valence-corrected chi connectivity index (χ2v) is 10.5. The Morgan fingerprint density at radius 3 is 2.38 bits per heavy atom. The first-order valence-electron chi connectivity index (χ1n) is 13.1. The number of hydrogen-bond donors (Lipinski definition) is 0. The van der Waals surface area contributed by atoms with Crippen molar-refractivity contribution < 1.29 is 0 Å². The van der Waals surface area contributed by atoms with Gasteiger partial charge in [-0.1, -0.05) is 112 Å². The van der Waals surface area contributed by atoms with E-state index in [0.29, 0.717) is 23.7 Å². The molecule has 4 unspecified atom stereocenters. The zero-order valence-electron chi connectivity index (χ0n) is 21.3. The van der Waals surface area contributed by atoms with E-state index in [1.165, 1.54) is 56.5 Å². The summed E-state index contributed by atoms with van der Waals surface area (Å²) in [5.74, 6) is 1.78. The Labute approximate surface area is 206 Å². The van der Waals surface area contributed by atoms with E-state index in [9.17, 15) is 0 Å². The van der Waals surface area contributed by atoms with Gasteiger partial charge in [0.25, 0.3) is 0 Å². The largest absolute Gasteiger partial charge is 0.0955 e. The van der Waals surface area contributed by atoms with Gasteiger partial charge in [0.15, 0.2) is 0 Å². The van der Waals surface area contributed by atoms with Crippen LogP contribution in [0.3, 0.4) is 0 Å². The van der Waals surface area contributed by atoms with Gasteiger partial charge in [0.2, 0.25) is 0 Å². The molecule has 1 fully saturated rings. The highest BCUT2D eigenvalue weighted by molar-refractivity contribution is 5.83. The second kappa shape index (κ2) is 9.06. The molecule has 0 saturated heterocycles. The maximum Gasteiger partial charge on any atom is 0.0201 e. The minimum atomic E-state index is 0.305. The Morgan fingerprint density at radius 2 is 1.68 bits per heavy atom. The molecule has 4 atom stereocenters. The minimum absolute atomic E-state index is 0.305. The van der Waals surface area contributed by atoms with Crippen LogP contribution < -0.4 is 0 Å². The van der Waals surface area contributed by atoms with Crippen molar-refractivity contribution in [2.24, 2.45) is 11.8 Å². The molecule has 0 radical (unpaired) electrons. The summed E-state index contributed by atoms with van der Waals surface area (Å²) >= 11 is 0. The molecule has 0 aliphatic heterocycles. The fourth-order valence-corrected chi connectivity index (χ4v) is 7.18. The summed E-state index contributed by atoms with van der Waals surface area (Å²) in [5, 5.41) is 0. The lowest BCUT2D eigenvalue weighted by atomic mass is 9.69. The summed E-state index contributed by atoms with van der Waals surface area (Å²) in [6.07, 6.45) is 6.86. The lowest BCUT2D eigenvalue weighted by molar-refractivity contribution is 0.566. The van der Waals surface area contributed by atoms with Crippen molar-refractivity contribution in [1.29, 1.82) is 0 Å². The molecule has 5 rings (SSSR count). The average molecular weight is 447 g/mol. The van der Waals surface area contributed by atoms with Gasteiger partial charge in [-0.3, -0.25) is 0 Å². The molecule has 3 aliphatic rings. The molecule has 3 aliphatic carbocycles. The smallest absolute Gasteiger partial charge is 0.0201 e. The minimum Gasteiger partial charge on any atom is -0.0955 e. The van der Waals surface area contributed by atoms with Crippen LogP contribution in [0.4, 0.5) is 0 Å². The summed E-state index contributed by atoms with van der Waals surface area (Å²) < 4.78 is 0. The van der Waals surface area contributed by atoms with Gasteiger partial charge in [-0.2, -0.15) is 0 Å². The van der Waals surface area contributed by atoms with Crippen LogP contribution >= 0.6 is 0 Å². The van der Waals surface area contributed by atoms with Gasteiger partial charge in [-0.25, -0.2) is 0 Å². The molecular formula is C34H38. The van der Waals surface area contributed by atoms with Crippen molar-refractivity contribution in [3.05, 3.63) is 124 Å². The third-order valence-corrected chi connectivity index (χ3v) is 8.58. The highest BCUT2D eigenvalue weighted by Crippen LogP contribution is 2.59. The molecular weight excluding hydrogens is 408 g/mol. The van der Waals surface area contributed by atoms with E-state index in [2.05, 4.69) is 94.9 Å². The Kier molecular flexibility index (Phi) is 6.11. The van der Waals surface area contributed by atoms with E-state index in [1.54, 1.807) is 5.57 Å². The molecule has 0 heteroatoms. The molecule has 2 aromatic rings. The summed E-state index contributed by atoms with van der Waals surface area (Å²) in [7, 11) is 0. The second-order valence-electron chi connectivity index (χ2n) is 10.5. The molecule has 0 heterocycles. The van der Waals surface area contributed by atoms with Gasteiger partial charge < -0.3 is 0 Å². The van der Waals surface area contributed by atoms with Gasteiger partial charge in [0.05, 0.1) is 0 Å². The van der Waals surface area contributed by atoms with Crippen molar-refractivity contribution in [3.63, 3.8) is 0 Å². The summed E-state index contributed by atoms with van der Waals surface area (Å²) in [6.45, 7) is 18.7. The number of hydrogen-bond acceptors (Lipinski definition) is 0. The monoisotopic (exact) mass is 446 g/mol. The van der Waals surface area contributed by atoms with E-state index in [-0.39, 0.29) is 0 Å². The first-order chi connectivity index (χ1) is 16.5. The van der Waals surface area contributed by atoms with E-state index in [1.807, 2.05) is 0 Å². The number of allylic oxidation sites excluding steroid dienone is 8. The van der Waals surface area contributed by atoms with Crippen molar-refractivity contribution >= 4 is 5.57 Å². The molecule has 0 bridgehead atoms. The lowest BCUT2D eigenvalue weighted by Crippen LogP contribution is -2.21. The van der Waals surface area contributed by atoms with Gasteiger partial charge >= 0.3 is 0 Å². The first-order valence-corrected chi connectivity index (χ1v) is 13.1. The molecule has 2 aromatic carbocycles. The number of fused-ring (bicyclic) bond motifs is 2. The zero-order valence-corrected chi connectivity index (χ0v) is 21.3. The van der Waals surface area contributed by atoms with E-state index in [4.69, 9.17) is 6.58 Å². The average Bonchev–Trinajstić information content (AvgIpc) is 3.30. The van der Waals surface area contributed by atoms with E-state index in [0.717, 1.165) is 19.3 Å². The fourth-order valence-electron chi connectivity index (χ4n) is 7.18. The van der Waals surface area contributed by atoms with Crippen LogP contribution in [0.2, 0.25) is 0 Å². The first kappa shape index (κ1) is 22.9. The Morgan fingerprint density at radius 1 is 0.971 bits per heavy atom. The topological polar surface area (TPSA) is 0 Å². The van der Waals surface area contributed by atoms with Crippen LogP contribution in [0.25, 0.3) is 5.57 Å². The number of benzene rings is 2. The van der Waals surface area contributed by atoms with Crippen LogP contribution in [0.5, 0.6) is 0 Å². The van der Waals surface area contributed by atoms with Crippen LogP contribution in [0.15, 0.2) is 107 Å². The van der Waals surface area contributed by atoms with E-state index >= 15 is 0 Å². The van der Waals surface area contributed by atoms with Crippen molar-refractivity contribution in [3.8, 4) is 0 Å². The SMILES string of the molecule is C=C(CCC)C1=C(C)C=C2CC(=C3c4ccccc4C(CC)C3C)C(=C)C2C1c1ccccc1. The molecule has 0 spiro atoms. The maximum atomic E-state index is 4.81. The molecule has 1 saturated carbocycles. The summed E-state index contributed by atoms with van der Waals surface area (Å²) in [5.41, 5.74) is 14.5. The van der Waals surface area contributed by atoms with Crippen LogP contribution in [-0.2, 0) is 0 Å². The lowest BCUT2D eigenvalue weighted by Gasteiger charge is -2.34. The fraction of sp³-hybridized carbons (Fsp3) is 0.353. The highest BCUT2D eigenvalue weighted by atomic mass is 14.5. The van der Waals surface area contributed by atoms with Crippen molar-refractivity contribution in [1.82, 2.24) is 0 Å². The quantitative estimate of drug-likeness (QED) is 0.429. The van der Waals surface area contributed by atoms with Gasteiger partial charge in [0.1, 0.15) is 0 Å². The van der Waals surface area contributed by atoms with Crippen molar-refractivity contribution in [2.45, 2.75) is 65.2 Å². The Hall–Kier alpha value is -2.86. The zero-order chi connectivity index (χ0) is 24.0. The van der Waals surface area contributed by atoms with Crippen LogP contribution in [-0.4, -0.2) is 0 Å². The molecule has 0 aromatic heterocycles. The molecule has 0 N–H and O–H groups in total. The maximum absolute atomic E-state index is 4.81. The third-order valence-electron chi connectivity index (χ3n) is 8.58. The molecule has 34 heavy (non-hydrogen) atoms. The van der Waals surface area contributed by atoms with Crippen LogP contribution in [0, 0.1) is 11.8 Å². The third kappa shape index (κ3) is 3.50. The highest BCUT2D eigenvalue weighted by Gasteiger charge is 2.44. The van der Waals surface area contributed by atoms with Gasteiger partial charge in [-0.05, 0) is 82.6 Å². The summed E-state index contributed by atoms with van der Waals surface area (Å²) in [4.78, 5) is 0. The van der Waals surface area contributed by atoms with Crippen molar-refractivity contribution in [2.75, 3.05) is 0 Å². The summed E-state index contributed by atoms with van der Waals surface area (Å²) in [6, 6.07) is 20.2. The van der Waals surface area contributed by atoms with Crippen LogP contribution in [0.1, 0.15) is 81.9 Å².